The molecule has 2 aromatic carbocycles. The van der Waals surface area contributed by atoms with Crippen molar-refractivity contribution < 1.29 is 9.53 Å². The van der Waals surface area contributed by atoms with E-state index in [-0.39, 0.29) is 5.91 Å². The lowest BCUT2D eigenvalue weighted by atomic mass is 10.0. The van der Waals surface area contributed by atoms with Gasteiger partial charge in [-0.15, -0.1) is 0 Å². The molecule has 1 amide bonds. The molecule has 1 unspecified atom stereocenters. The predicted octanol–water partition coefficient (Wildman–Crippen LogP) is 4.85. The molecule has 2 aromatic rings. The maximum Gasteiger partial charge on any atom is 0.227 e. The predicted molar refractivity (Wildman–Crippen MR) is 142 cm³/mol. The molecule has 5 heteroatoms. The van der Waals surface area contributed by atoms with Crippen LogP contribution in [0.2, 0.25) is 0 Å². The molecule has 0 aromatic heterocycles. The van der Waals surface area contributed by atoms with Gasteiger partial charge in [-0.2, -0.15) is 0 Å². The summed E-state index contributed by atoms with van der Waals surface area (Å²) in [7, 11) is 0. The number of piperidine rings is 1. The molecule has 3 aliphatic rings. The second kappa shape index (κ2) is 12.0. The molecular formula is C30H41N3O2. The van der Waals surface area contributed by atoms with E-state index in [1.54, 1.807) is 0 Å². The summed E-state index contributed by atoms with van der Waals surface area (Å²) >= 11 is 0. The Morgan fingerprint density at radius 2 is 1.37 bits per heavy atom. The Morgan fingerprint density at radius 1 is 0.743 bits per heavy atom. The molecule has 0 aliphatic carbocycles. The topological polar surface area (TPSA) is 36.0 Å². The van der Waals surface area contributed by atoms with Crippen LogP contribution in [0.15, 0.2) is 48.5 Å². The van der Waals surface area contributed by atoms with Gasteiger partial charge in [0.05, 0.1) is 6.42 Å². The Morgan fingerprint density at radius 3 is 2.09 bits per heavy atom. The largest absolute Gasteiger partial charge is 0.492 e. The quantitative estimate of drug-likeness (QED) is 0.520. The zero-order chi connectivity index (χ0) is 23.9. The average molecular weight is 476 g/mol. The van der Waals surface area contributed by atoms with Gasteiger partial charge in [-0.1, -0.05) is 42.8 Å². The number of hydrogen-bond donors (Lipinski definition) is 0. The van der Waals surface area contributed by atoms with Crippen LogP contribution in [0.5, 0.6) is 5.75 Å². The standard InChI is InChI=1S/C30H41N3O2/c34-30(33-20-6-7-28(33)24-32-18-4-5-19-32)23-25-8-10-26(11-9-25)27-12-14-29(15-13-27)35-22-21-31-16-2-1-3-17-31/h8-15,28H,1-7,16-24H2. The van der Waals surface area contributed by atoms with Gasteiger partial charge >= 0.3 is 0 Å². The number of benzene rings is 2. The van der Waals surface area contributed by atoms with E-state index >= 15 is 0 Å². The van der Waals surface area contributed by atoms with Gasteiger partial charge in [0.15, 0.2) is 0 Å². The van der Waals surface area contributed by atoms with E-state index in [4.69, 9.17) is 4.74 Å². The smallest absolute Gasteiger partial charge is 0.227 e. The highest BCUT2D eigenvalue weighted by molar-refractivity contribution is 5.79. The Labute approximate surface area is 211 Å². The maximum atomic E-state index is 13.1. The van der Waals surface area contributed by atoms with E-state index in [1.807, 2.05) is 0 Å². The summed E-state index contributed by atoms with van der Waals surface area (Å²) in [6.07, 6.45) is 9.41. The van der Waals surface area contributed by atoms with Crippen LogP contribution in [0.25, 0.3) is 11.1 Å². The minimum atomic E-state index is 0.283. The average Bonchev–Trinajstić information content (AvgIpc) is 3.58. The molecule has 188 valence electrons. The monoisotopic (exact) mass is 475 g/mol. The fourth-order valence-electron chi connectivity index (χ4n) is 5.93. The van der Waals surface area contributed by atoms with E-state index in [0.717, 1.165) is 50.4 Å². The third-order valence-corrected chi connectivity index (χ3v) is 7.99. The fourth-order valence-corrected chi connectivity index (χ4v) is 5.93. The molecule has 3 saturated heterocycles. The minimum Gasteiger partial charge on any atom is -0.492 e. The maximum absolute atomic E-state index is 13.1. The molecule has 0 spiro atoms. The molecule has 0 bridgehead atoms. The van der Waals surface area contributed by atoms with Gasteiger partial charge in [-0.25, -0.2) is 0 Å². The second-order valence-corrected chi connectivity index (χ2v) is 10.5. The Hall–Kier alpha value is -2.37. The minimum absolute atomic E-state index is 0.283. The first-order valence-corrected chi connectivity index (χ1v) is 13.8. The summed E-state index contributed by atoms with van der Waals surface area (Å²) < 4.78 is 5.97. The number of amides is 1. The van der Waals surface area contributed by atoms with Crippen LogP contribution in [-0.2, 0) is 11.2 Å². The first-order chi connectivity index (χ1) is 17.2. The third-order valence-electron chi connectivity index (χ3n) is 7.99. The van der Waals surface area contributed by atoms with Crippen molar-refractivity contribution in [2.24, 2.45) is 0 Å². The summed E-state index contributed by atoms with van der Waals surface area (Å²) in [6, 6.07) is 17.3. The van der Waals surface area contributed by atoms with Crippen molar-refractivity contribution in [2.75, 3.05) is 52.4 Å². The molecule has 0 saturated carbocycles. The summed E-state index contributed by atoms with van der Waals surface area (Å²) in [5.74, 6) is 1.22. The number of hydrogen-bond acceptors (Lipinski definition) is 4. The van der Waals surface area contributed by atoms with Crippen LogP contribution in [0.3, 0.4) is 0 Å². The zero-order valence-corrected chi connectivity index (χ0v) is 21.2. The van der Waals surface area contributed by atoms with Crippen LogP contribution >= 0.6 is 0 Å². The number of carbonyl (C=O) groups excluding carboxylic acids is 1. The van der Waals surface area contributed by atoms with Gasteiger partial charge in [0.25, 0.3) is 0 Å². The summed E-state index contributed by atoms with van der Waals surface area (Å²) in [5.41, 5.74) is 3.45. The first kappa shape index (κ1) is 24.3. The van der Waals surface area contributed by atoms with Crippen molar-refractivity contribution in [1.82, 2.24) is 14.7 Å². The van der Waals surface area contributed by atoms with Crippen molar-refractivity contribution in [2.45, 2.75) is 57.4 Å². The zero-order valence-electron chi connectivity index (χ0n) is 21.2. The van der Waals surface area contributed by atoms with Crippen LogP contribution in [0.1, 0.15) is 50.5 Å². The summed E-state index contributed by atoms with van der Waals surface area (Å²) in [4.78, 5) is 20.3. The summed E-state index contributed by atoms with van der Waals surface area (Å²) in [6.45, 7) is 8.56. The molecule has 1 atom stereocenters. The third kappa shape index (κ3) is 6.65. The van der Waals surface area contributed by atoms with Crippen molar-refractivity contribution in [3.63, 3.8) is 0 Å². The highest BCUT2D eigenvalue weighted by Crippen LogP contribution is 2.25. The highest BCUT2D eigenvalue weighted by Gasteiger charge is 2.30. The number of likely N-dealkylation sites (tertiary alicyclic amines) is 3. The SMILES string of the molecule is O=C(Cc1ccc(-c2ccc(OCCN3CCCCC3)cc2)cc1)N1CCCC1CN1CCCC1. The second-order valence-electron chi connectivity index (χ2n) is 10.5. The van der Waals surface area contributed by atoms with Gasteiger partial charge in [0.1, 0.15) is 12.4 Å². The first-order valence-electron chi connectivity index (χ1n) is 13.8. The van der Waals surface area contributed by atoms with Crippen molar-refractivity contribution in [3.8, 4) is 16.9 Å². The molecule has 5 rings (SSSR count). The van der Waals surface area contributed by atoms with E-state index in [0.29, 0.717) is 12.5 Å². The Kier molecular flexibility index (Phi) is 8.37. The van der Waals surface area contributed by atoms with Gasteiger partial charge in [0.2, 0.25) is 5.91 Å². The van der Waals surface area contributed by atoms with Crippen LogP contribution in [0.4, 0.5) is 0 Å². The Bertz CT molecular complexity index is 931. The highest BCUT2D eigenvalue weighted by atomic mass is 16.5. The molecule has 5 nitrogen and oxygen atoms in total. The lowest BCUT2D eigenvalue weighted by molar-refractivity contribution is -0.131. The van der Waals surface area contributed by atoms with E-state index in [9.17, 15) is 4.79 Å². The van der Waals surface area contributed by atoms with E-state index in [1.165, 1.54) is 69.4 Å². The van der Waals surface area contributed by atoms with Crippen LogP contribution < -0.4 is 4.74 Å². The number of ether oxygens (including phenoxy) is 1. The van der Waals surface area contributed by atoms with Gasteiger partial charge in [0, 0.05) is 25.7 Å². The fraction of sp³-hybridized carbons (Fsp3) is 0.567. The molecule has 0 N–H and O–H groups in total. The molecule has 0 radical (unpaired) electrons. The van der Waals surface area contributed by atoms with Gasteiger partial charge in [-0.05, 0) is 93.5 Å². The van der Waals surface area contributed by atoms with Crippen LogP contribution in [0, 0.1) is 0 Å². The molecule has 3 aliphatic heterocycles. The Balaban J connectivity index is 1.10. The van der Waals surface area contributed by atoms with Crippen LogP contribution in [-0.4, -0.2) is 79.1 Å². The van der Waals surface area contributed by atoms with Gasteiger partial charge in [-0.3, -0.25) is 9.69 Å². The normalized spacial score (nSPS) is 21.5. The number of rotatable bonds is 9. The summed E-state index contributed by atoms with van der Waals surface area (Å²) in [5, 5.41) is 0. The molecular weight excluding hydrogens is 434 g/mol. The number of nitrogens with zero attached hydrogens (tertiary/aromatic N) is 3. The van der Waals surface area contributed by atoms with Crippen molar-refractivity contribution >= 4 is 5.91 Å². The van der Waals surface area contributed by atoms with Gasteiger partial charge < -0.3 is 14.5 Å². The molecule has 35 heavy (non-hydrogen) atoms. The molecule has 3 fully saturated rings. The lowest BCUT2D eigenvalue weighted by Gasteiger charge is -2.28. The van der Waals surface area contributed by atoms with E-state index in [2.05, 4.69) is 63.2 Å². The molecule has 3 heterocycles. The lowest BCUT2D eigenvalue weighted by Crippen LogP contribution is -2.43. The van der Waals surface area contributed by atoms with Crippen molar-refractivity contribution in [1.29, 1.82) is 0 Å². The van der Waals surface area contributed by atoms with E-state index < -0.39 is 0 Å². The van der Waals surface area contributed by atoms with Crippen molar-refractivity contribution in [3.05, 3.63) is 54.1 Å². The number of carbonyl (C=O) groups is 1.